The van der Waals surface area contributed by atoms with Crippen LogP contribution in [0.4, 0.5) is 0 Å². The Morgan fingerprint density at radius 1 is 1.35 bits per heavy atom. The molecule has 0 amide bonds. The minimum atomic E-state index is -0.809. The zero-order chi connectivity index (χ0) is 11.9. The van der Waals surface area contributed by atoms with E-state index in [0.717, 1.165) is 35.9 Å². The molecule has 1 fully saturated rings. The summed E-state index contributed by atoms with van der Waals surface area (Å²) in [6.07, 6.45) is 4.11. The highest BCUT2D eigenvalue weighted by atomic mass is 16.3. The van der Waals surface area contributed by atoms with E-state index in [4.69, 9.17) is 0 Å². The van der Waals surface area contributed by atoms with Crippen LogP contribution in [0.2, 0.25) is 0 Å². The normalized spacial score (nSPS) is 24.0. The molecule has 2 heterocycles. The van der Waals surface area contributed by atoms with Crippen LogP contribution < -0.4 is 5.32 Å². The zero-order valence-corrected chi connectivity index (χ0v) is 10.0. The second-order valence-electron chi connectivity index (χ2n) is 5.04. The quantitative estimate of drug-likeness (QED) is 0.740. The van der Waals surface area contributed by atoms with Gasteiger partial charge in [0.2, 0.25) is 0 Å². The second-order valence-corrected chi connectivity index (χ2v) is 5.04. The van der Waals surface area contributed by atoms with E-state index in [0.29, 0.717) is 0 Å². The molecule has 3 heteroatoms. The molecule has 1 aliphatic rings. The molecule has 0 saturated carbocycles. The molecule has 2 atom stereocenters. The smallest absolute Gasteiger partial charge is 0.104 e. The average Bonchev–Trinajstić information content (AvgIpc) is 2.99. The van der Waals surface area contributed by atoms with E-state index in [2.05, 4.69) is 16.4 Å². The molecule has 0 aliphatic carbocycles. The number of aliphatic hydroxyl groups is 1. The summed E-state index contributed by atoms with van der Waals surface area (Å²) in [5.41, 5.74) is 1.27. The predicted octanol–water partition coefficient (Wildman–Crippen LogP) is 2.13. The topological polar surface area (TPSA) is 48.0 Å². The van der Waals surface area contributed by atoms with Gasteiger partial charge in [0.25, 0.3) is 0 Å². The molecule has 2 unspecified atom stereocenters. The van der Waals surface area contributed by atoms with Crippen LogP contribution in [0.5, 0.6) is 0 Å². The van der Waals surface area contributed by atoms with E-state index in [1.54, 1.807) is 0 Å². The number of rotatable bonds is 2. The molecule has 0 radical (unpaired) electrons. The van der Waals surface area contributed by atoms with Crippen molar-refractivity contribution in [1.29, 1.82) is 0 Å². The van der Waals surface area contributed by atoms with Gasteiger partial charge in [0.05, 0.1) is 0 Å². The van der Waals surface area contributed by atoms with E-state index in [1.807, 2.05) is 31.3 Å². The first-order valence-corrected chi connectivity index (χ1v) is 6.22. The maximum absolute atomic E-state index is 10.8. The summed E-state index contributed by atoms with van der Waals surface area (Å²) >= 11 is 0. The van der Waals surface area contributed by atoms with Crippen molar-refractivity contribution >= 4 is 10.9 Å². The van der Waals surface area contributed by atoms with Crippen LogP contribution in [-0.4, -0.2) is 22.7 Å². The van der Waals surface area contributed by atoms with Crippen LogP contribution >= 0.6 is 0 Å². The SMILES string of the molecule is CC(O)(c1c[nH]c2ccccc12)C1CCCN1. The molecule has 2 aromatic rings. The van der Waals surface area contributed by atoms with Crippen LogP contribution in [0.15, 0.2) is 30.5 Å². The third-order valence-electron chi connectivity index (χ3n) is 3.87. The van der Waals surface area contributed by atoms with Gasteiger partial charge in [-0.2, -0.15) is 0 Å². The number of nitrogens with one attached hydrogen (secondary N) is 2. The predicted molar refractivity (Wildman–Crippen MR) is 68.9 cm³/mol. The fraction of sp³-hybridized carbons (Fsp3) is 0.429. The second kappa shape index (κ2) is 3.86. The minimum absolute atomic E-state index is 0.154. The molecule has 0 spiro atoms. The third-order valence-corrected chi connectivity index (χ3v) is 3.87. The Bertz CT molecular complexity index is 524. The maximum Gasteiger partial charge on any atom is 0.104 e. The van der Waals surface area contributed by atoms with E-state index in [9.17, 15) is 5.11 Å². The van der Waals surface area contributed by atoms with Crippen molar-refractivity contribution in [2.75, 3.05) is 6.54 Å². The lowest BCUT2D eigenvalue weighted by atomic mass is 9.87. The van der Waals surface area contributed by atoms with Crippen LogP contribution in [0.25, 0.3) is 10.9 Å². The summed E-state index contributed by atoms with van der Waals surface area (Å²) in [5.74, 6) is 0. The third kappa shape index (κ3) is 1.66. The summed E-state index contributed by atoms with van der Waals surface area (Å²) in [7, 11) is 0. The van der Waals surface area contributed by atoms with E-state index >= 15 is 0 Å². The Morgan fingerprint density at radius 2 is 2.18 bits per heavy atom. The summed E-state index contributed by atoms with van der Waals surface area (Å²) in [5, 5.41) is 15.3. The van der Waals surface area contributed by atoms with Gasteiger partial charge in [0.15, 0.2) is 0 Å². The zero-order valence-electron chi connectivity index (χ0n) is 10.0. The van der Waals surface area contributed by atoms with Crippen molar-refractivity contribution in [2.24, 2.45) is 0 Å². The summed E-state index contributed by atoms with van der Waals surface area (Å²) in [4.78, 5) is 3.23. The van der Waals surface area contributed by atoms with Gasteiger partial charge in [-0.15, -0.1) is 0 Å². The van der Waals surface area contributed by atoms with Gasteiger partial charge in [-0.25, -0.2) is 0 Å². The van der Waals surface area contributed by atoms with Crippen molar-refractivity contribution in [3.8, 4) is 0 Å². The summed E-state index contributed by atoms with van der Waals surface area (Å²) < 4.78 is 0. The number of benzene rings is 1. The van der Waals surface area contributed by atoms with Gasteiger partial charge in [0.1, 0.15) is 5.60 Å². The number of aromatic nitrogens is 1. The van der Waals surface area contributed by atoms with Crippen molar-refractivity contribution in [3.05, 3.63) is 36.0 Å². The maximum atomic E-state index is 10.8. The molecule has 3 nitrogen and oxygen atoms in total. The molecule has 1 aliphatic heterocycles. The Morgan fingerprint density at radius 3 is 2.94 bits per heavy atom. The molecule has 3 N–H and O–H groups in total. The molecule has 1 saturated heterocycles. The molecule has 90 valence electrons. The first kappa shape index (κ1) is 10.8. The molecular formula is C14H18N2O. The lowest BCUT2D eigenvalue weighted by molar-refractivity contribution is 0.0233. The van der Waals surface area contributed by atoms with Crippen LogP contribution in [-0.2, 0) is 5.60 Å². The number of fused-ring (bicyclic) bond motifs is 1. The van der Waals surface area contributed by atoms with E-state index in [-0.39, 0.29) is 6.04 Å². The molecule has 0 bridgehead atoms. The highest BCUT2D eigenvalue weighted by Gasteiger charge is 2.36. The lowest BCUT2D eigenvalue weighted by Crippen LogP contribution is -2.42. The fourth-order valence-electron chi connectivity index (χ4n) is 2.84. The fourth-order valence-corrected chi connectivity index (χ4v) is 2.84. The van der Waals surface area contributed by atoms with Gasteiger partial charge < -0.3 is 15.4 Å². The monoisotopic (exact) mass is 230 g/mol. The Kier molecular flexibility index (Phi) is 2.45. The first-order chi connectivity index (χ1) is 8.19. The molecule has 1 aromatic carbocycles. The highest BCUT2D eigenvalue weighted by Crippen LogP contribution is 2.34. The number of hydrogen-bond acceptors (Lipinski definition) is 2. The highest BCUT2D eigenvalue weighted by molar-refractivity contribution is 5.84. The van der Waals surface area contributed by atoms with Gasteiger partial charge in [-0.3, -0.25) is 0 Å². The van der Waals surface area contributed by atoms with Crippen molar-refractivity contribution in [2.45, 2.75) is 31.4 Å². The number of para-hydroxylation sites is 1. The Hall–Kier alpha value is -1.32. The number of H-pyrrole nitrogens is 1. The first-order valence-electron chi connectivity index (χ1n) is 6.22. The standard InChI is InChI=1S/C14H18N2O/c1-14(17,13-7-4-8-15-13)11-9-16-12-6-3-2-5-10(11)12/h2-3,5-6,9,13,15-17H,4,7-8H2,1H3. The van der Waals surface area contributed by atoms with Crippen LogP contribution in [0.3, 0.4) is 0 Å². The molecule has 1 aromatic heterocycles. The largest absolute Gasteiger partial charge is 0.384 e. The molecule has 3 rings (SSSR count). The lowest BCUT2D eigenvalue weighted by Gasteiger charge is -2.30. The number of hydrogen-bond donors (Lipinski definition) is 3. The van der Waals surface area contributed by atoms with Gasteiger partial charge in [-0.1, -0.05) is 18.2 Å². The van der Waals surface area contributed by atoms with Gasteiger partial charge >= 0.3 is 0 Å². The Labute approximate surface area is 101 Å². The molecular weight excluding hydrogens is 212 g/mol. The van der Waals surface area contributed by atoms with E-state index < -0.39 is 5.60 Å². The average molecular weight is 230 g/mol. The summed E-state index contributed by atoms with van der Waals surface area (Å²) in [6, 6.07) is 8.27. The Balaban J connectivity index is 2.07. The van der Waals surface area contributed by atoms with Crippen LogP contribution in [0.1, 0.15) is 25.3 Å². The number of aromatic amines is 1. The van der Waals surface area contributed by atoms with E-state index in [1.165, 1.54) is 0 Å². The van der Waals surface area contributed by atoms with Gasteiger partial charge in [0, 0.05) is 28.7 Å². The van der Waals surface area contributed by atoms with Gasteiger partial charge in [-0.05, 0) is 32.4 Å². The summed E-state index contributed by atoms with van der Waals surface area (Å²) in [6.45, 7) is 2.91. The molecule has 17 heavy (non-hydrogen) atoms. The van der Waals surface area contributed by atoms with Crippen molar-refractivity contribution in [1.82, 2.24) is 10.3 Å². The minimum Gasteiger partial charge on any atom is -0.384 e. The van der Waals surface area contributed by atoms with Crippen molar-refractivity contribution in [3.63, 3.8) is 0 Å². The van der Waals surface area contributed by atoms with Crippen LogP contribution in [0, 0.1) is 0 Å². The van der Waals surface area contributed by atoms with Crippen molar-refractivity contribution < 1.29 is 5.11 Å².